The molecule has 0 saturated heterocycles. The molecule has 1 N–H and O–H groups in total. The molecule has 0 saturated carbocycles. The SMILES string of the molecule is Cc1ccc(CNCc2cncs2)o1. The molecule has 0 radical (unpaired) electrons. The van der Waals surface area contributed by atoms with Gasteiger partial charge in [0.2, 0.25) is 0 Å². The number of furan rings is 1. The highest BCUT2D eigenvalue weighted by atomic mass is 32.1. The van der Waals surface area contributed by atoms with Gasteiger partial charge in [0.15, 0.2) is 0 Å². The zero-order chi connectivity index (χ0) is 9.80. The summed E-state index contributed by atoms with van der Waals surface area (Å²) < 4.78 is 5.43. The van der Waals surface area contributed by atoms with E-state index in [-0.39, 0.29) is 0 Å². The van der Waals surface area contributed by atoms with Gasteiger partial charge in [0.1, 0.15) is 11.5 Å². The smallest absolute Gasteiger partial charge is 0.117 e. The first-order valence-electron chi connectivity index (χ1n) is 4.48. The van der Waals surface area contributed by atoms with Gasteiger partial charge >= 0.3 is 0 Å². The van der Waals surface area contributed by atoms with Crippen LogP contribution >= 0.6 is 11.3 Å². The van der Waals surface area contributed by atoms with Crippen molar-refractivity contribution < 1.29 is 4.42 Å². The van der Waals surface area contributed by atoms with Gasteiger partial charge in [0.25, 0.3) is 0 Å². The maximum absolute atomic E-state index is 5.43. The van der Waals surface area contributed by atoms with Gasteiger partial charge in [-0.15, -0.1) is 11.3 Å². The number of rotatable bonds is 4. The summed E-state index contributed by atoms with van der Waals surface area (Å²) in [4.78, 5) is 5.25. The summed E-state index contributed by atoms with van der Waals surface area (Å²) in [5.41, 5.74) is 1.84. The van der Waals surface area contributed by atoms with E-state index in [0.29, 0.717) is 0 Å². The standard InChI is InChI=1S/C10H12N2OS/c1-8-2-3-9(13-8)4-11-5-10-6-12-7-14-10/h2-3,6-7,11H,4-5H2,1H3. The largest absolute Gasteiger partial charge is 0.465 e. The fraction of sp³-hybridized carbons (Fsp3) is 0.300. The molecule has 0 spiro atoms. The van der Waals surface area contributed by atoms with Gasteiger partial charge in [-0.3, -0.25) is 4.98 Å². The normalized spacial score (nSPS) is 10.6. The topological polar surface area (TPSA) is 38.1 Å². The van der Waals surface area contributed by atoms with E-state index in [1.807, 2.05) is 30.8 Å². The second-order valence-corrected chi connectivity index (χ2v) is 4.05. The number of nitrogens with zero attached hydrogens (tertiary/aromatic N) is 1. The van der Waals surface area contributed by atoms with Gasteiger partial charge in [-0.1, -0.05) is 0 Å². The summed E-state index contributed by atoms with van der Waals surface area (Å²) in [6.45, 7) is 3.57. The molecular weight excluding hydrogens is 196 g/mol. The van der Waals surface area contributed by atoms with Crippen molar-refractivity contribution in [2.45, 2.75) is 20.0 Å². The third-order valence-corrected chi connectivity index (χ3v) is 2.66. The van der Waals surface area contributed by atoms with E-state index in [4.69, 9.17) is 4.42 Å². The minimum Gasteiger partial charge on any atom is -0.465 e. The van der Waals surface area contributed by atoms with Gasteiger partial charge in [-0.25, -0.2) is 0 Å². The molecule has 2 aromatic rings. The fourth-order valence-corrected chi connectivity index (χ4v) is 1.78. The second kappa shape index (κ2) is 4.39. The van der Waals surface area contributed by atoms with Crippen LogP contribution in [0.25, 0.3) is 0 Å². The highest BCUT2D eigenvalue weighted by Crippen LogP contribution is 2.07. The first-order valence-corrected chi connectivity index (χ1v) is 5.36. The van der Waals surface area contributed by atoms with Crippen LogP contribution in [0.1, 0.15) is 16.4 Å². The van der Waals surface area contributed by atoms with E-state index in [2.05, 4.69) is 10.3 Å². The van der Waals surface area contributed by atoms with Crippen molar-refractivity contribution in [2.24, 2.45) is 0 Å². The summed E-state index contributed by atoms with van der Waals surface area (Å²) in [7, 11) is 0. The molecule has 3 nitrogen and oxygen atoms in total. The van der Waals surface area contributed by atoms with Crippen LogP contribution in [-0.2, 0) is 13.1 Å². The van der Waals surface area contributed by atoms with Crippen molar-refractivity contribution in [1.29, 1.82) is 0 Å². The molecule has 0 atom stereocenters. The van der Waals surface area contributed by atoms with Crippen molar-refractivity contribution in [1.82, 2.24) is 10.3 Å². The molecule has 2 aromatic heterocycles. The Morgan fingerprint density at radius 2 is 2.36 bits per heavy atom. The average Bonchev–Trinajstić information content (AvgIpc) is 2.77. The molecular formula is C10H12N2OS. The fourth-order valence-electron chi connectivity index (χ4n) is 1.22. The third-order valence-electron chi connectivity index (χ3n) is 1.88. The van der Waals surface area contributed by atoms with E-state index >= 15 is 0 Å². The maximum Gasteiger partial charge on any atom is 0.117 e. The molecule has 2 heterocycles. The number of aryl methyl sites for hydroxylation is 1. The minimum absolute atomic E-state index is 0.770. The Morgan fingerprint density at radius 3 is 3.00 bits per heavy atom. The lowest BCUT2D eigenvalue weighted by Crippen LogP contribution is -2.10. The molecule has 0 aliphatic heterocycles. The quantitative estimate of drug-likeness (QED) is 0.838. The Morgan fingerprint density at radius 1 is 1.43 bits per heavy atom. The summed E-state index contributed by atoms with van der Waals surface area (Å²) in [6, 6.07) is 3.97. The Labute approximate surface area is 86.8 Å². The van der Waals surface area contributed by atoms with E-state index < -0.39 is 0 Å². The highest BCUT2D eigenvalue weighted by molar-refractivity contribution is 7.09. The number of thiazole rings is 1. The Balaban J connectivity index is 1.78. The van der Waals surface area contributed by atoms with Crippen molar-refractivity contribution in [2.75, 3.05) is 0 Å². The van der Waals surface area contributed by atoms with Crippen molar-refractivity contribution in [3.05, 3.63) is 40.2 Å². The van der Waals surface area contributed by atoms with Gasteiger partial charge < -0.3 is 9.73 Å². The number of aromatic nitrogens is 1. The molecule has 0 unspecified atom stereocenters. The Kier molecular flexibility index (Phi) is 2.96. The van der Waals surface area contributed by atoms with E-state index in [1.165, 1.54) is 4.88 Å². The first kappa shape index (κ1) is 9.43. The van der Waals surface area contributed by atoms with Crippen LogP contribution in [0.4, 0.5) is 0 Å². The Hall–Kier alpha value is -1.13. The van der Waals surface area contributed by atoms with Crippen LogP contribution in [0.15, 0.2) is 28.3 Å². The van der Waals surface area contributed by atoms with E-state index in [1.54, 1.807) is 11.3 Å². The minimum atomic E-state index is 0.770. The number of nitrogens with one attached hydrogen (secondary N) is 1. The van der Waals surface area contributed by atoms with Crippen LogP contribution in [-0.4, -0.2) is 4.98 Å². The molecule has 4 heteroatoms. The molecule has 74 valence electrons. The van der Waals surface area contributed by atoms with Crippen LogP contribution in [0.3, 0.4) is 0 Å². The van der Waals surface area contributed by atoms with Crippen LogP contribution < -0.4 is 5.32 Å². The predicted octanol–water partition coefficient (Wildman–Crippen LogP) is 2.33. The highest BCUT2D eigenvalue weighted by Gasteiger charge is 1.98. The molecule has 0 aliphatic rings. The second-order valence-electron chi connectivity index (χ2n) is 3.08. The monoisotopic (exact) mass is 208 g/mol. The van der Waals surface area contributed by atoms with E-state index in [0.717, 1.165) is 24.6 Å². The van der Waals surface area contributed by atoms with Gasteiger partial charge in [0, 0.05) is 17.6 Å². The molecule has 0 aliphatic carbocycles. The van der Waals surface area contributed by atoms with Gasteiger partial charge in [0.05, 0.1) is 12.1 Å². The predicted molar refractivity (Wildman–Crippen MR) is 56.1 cm³/mol. The summed E-state index contributed by atoms with van der Waals surface area (Å²) in [5.74, 6) is 1.94. The molecule has 0 fully saturated rings. The molecule has 14 heavy (non-hydrogen) atoms. The molecule has 0 bridgehead atoms. The molecule has 0 aromatic carbocycles. The lowest BCUT2D eigenvalue weighted by molar-refractivity contribution is 0.462. The van der Waals surface area contributed by atoms with Crippen LogP contribution in [0.2, 0.25) is 0 Å². The average molecular weight is 208 g/mol. The summed E-state index contributed by atoms with van der Waals surface area (Å²) in [6.07, 6.45) is 1.88. The summed E-state index contributed by atoms with van der Waals surface area (Å²) >= 11 is 1.66. The van der Waals surface area contributed by atoms with Gasteiger partial charge in [-0.2, -0.15) is 0 Å². The van der Waals surface area contributed by atoms with E-state index in [9.17, 15) is 0 Å². The van der Waals surface area contributed by atoms with Crippen LogP contribution in [0.5, 0.6) is 0 Å². The zero-order valence-electron chi connectivity index (χ0n) is 7.99. The lowest BCUT2D eigenvalue weighted by Gasteiger charge is -1.98. The maximum atomic E-state index is 5.43. The number of hydrogen-bond acceptors (Lipinski definition) is 4. The van der Waals surface area contributed by atoms with Crippen molar-refractivity contribution >= 4 is 11.3 Å². The van der Waals surface area contributed by atoms with Crippen molar-refractivity contribution in [3.63, 3.8) is 0 Å². The van der Waals surface area contributed by atoms with Crippen molar-refractivity contribution in [3.8, 4) is 0 Å². The first-order chi connectivity index (χ1) is 6.84. The summed E-state index contributed by atoms with van der Waals surface area (Å²) in [5, 5.41) is 3.29. The lowest BCUT2D eigenvalue weighted by atomic mass is 10.4. The van der Waals surface area contributed by atoms with Gasteiger partial charge in [-0.05, 0) is 19.1 Å². The molecule has 2 rings (SSSR count). The Bertz CT molecular complexity index is 380. The number of hydrogen-bond donors (Lipinski definition) is 1. The zero-order valence-corrected chi connectivity index (χ0v) is 8.80. The third kappa shape index (κ3) is 2.43. The van der Waals surface area contributed by atoms with Crippen LogP contribution in [0, 0.1) is 6.92 Å². The molecule has 0 amide bonds.